The largest absolute Gasteiger partial charge is 0.497 e. The summed E-state index contributed by atoms with van der Waals surface area (Å²) in [4.78, 5) is 24.9. The minimum absolute atomic E-state index is 0.203. The number of hydrogen-bond acceptors (Lipinski definition) is 3. The van der Waals surface area contributed by atoms with Crippen LogP contribution in [0.2, 0.25) is 0 Å². The lowest BCUT2D eigenvalue weighted by molar-refractivity contribution is -0.128. The van der Waals surface area contributed by atoms with Crippen molar-refractivity contribution >= 4 is 11.6 Å². The second-order valence-corrected chi connectivity index (χ2v) is 9.23. The van der Waals surface area contributed by atoms with E-state index in [2.05, 4.69) is 19.1 Å². The van der Waals surface area contributed by atoms with Gasteiger partial charge in [0.25, 0.3) is 0 Å². The fourth-order valence-corrected chi connectivity index (χ4v) is 6.57. The molecule has 2 fully saturated rings. The third-order valence-corrected chi connectivity index (χ3v) is 7.96. The molecule has 0 bridgehead atoms. The fourth-order valence-electron chi connectivity index (χ4n) is 6.57. The predicted octanol–water partition coefficient (Wildman–Crippen LogP) is 5.16. The summed E-state index contributed by atoms with van der Waals surface area (Å²) in [5.74, 6) is 2.82. The Morgan fingerprint density at radius 3 is 2.54 bits per heavy atom. The number of rotatable bonds is 2. The zero-order chi connectivity index (χ0) is 19.5. The fraction of sp³-hybridized carbons (Fsp3) is 0.520. The monoisotopic (exact) mass is 376 g/mol. The van der Waals surface area contributed by atoms with E-state index in [0.717, 1.165) is 44.3 Å². The Balaban J connectivity index is 1.67. The van der Waals surface area contributed by atoms with Gasteiger partial charge in [-0.25, -0.2) is 0 Å². The summed E-state index contributed by atoms with van der Waals surface area (Å²) >= 11 is 0. The summed E-state index contributed by atoms with van der Waals surface area (Å²) in [6.45, 7) is 2.22. The van der Waals surface area contributed by atoms with Crippen LogP contribution in [0.5, 0.6) is 5.75 Å². The van der Waals surface area contributed by atoms with Crippen LogP contribution in [0, 0.1) is 17.3 Å². The van der Waals surface area contributed by atoms with E-state index >= 15 is 0 Å². The quantitative estimate of drug-likeness (QED) is 0.716. The number of carbonyl (C=O) groups excluding carboxylic acids is 2. The smallest absolute Gasteiger partial charge is 0.156 e. The van der Waals surface area contributed by atoms with Gasteiger partial charge in [-0.3, -0.25) is 9.59 Å². The summed E-state index contributed by atoms with van der Waals surface area (Å²) in [6, 6.07) is 8.40. The van der Waals surface area contributed by atoms with Gasteiger partial charge in [0.1, 0.15) is 11.5 Å². The minimum Gasteiger partial charge on any atom is -0.497 e. The molecule has 5 rings (SSSR count). The molecule has 4 aliphatic rings. The lowest BCUT2D eigenvalue weighted by Gasteiger charge is -2.50. The third-order valence-electron chi connectivity index (χ3n) is 7.96. The molecule has 0 saturated heterocycles. The van der Waals surface area contributed by atoms with Gasteiger partial charge < -0.3 is 4.74 Å². The van der Waals surface area contributed by atoms with Gasteiger partial charge in [0.15, 0.2) is 5.78 Å². The lowest BCUT2D eigenvalue weighted by atomic mass is 9.53. The highest BCUT2D eigenvalue weighted by Crippen LogP contribution is 2.62. The molecule has 2 saturated carbocycles. The molecule has 0 heterocycles. The molecule has 28 heavy (non-hydrogen) atoms. The van der Waals surface area contributed by atoms with Crippen molar-refractivity contribution in [3.05, 3.63) is 52.6 Å². The van der Waals surface area contributed by atoms with Crippen molar-refractivity contribution in [1.82, 2.24) is 0 Å². The Morgan fingerprint density at radius 1 is 1.00 bits per heavy atom. The topological polar surface area (TPSA) is 43.4 Å². The van der Waals surface area contributed by atoms with Gasteiger partial charge in [0.05, 0.1) is 7.11 Å². The molecule has 4 aliphatic carbocycles. The molecule has 0 N–H and O–H groups in total. The van der Waals surface area contributed by atoms with E-state index in [9.17, 15) is 9.59 Å². The molecule has 0 unspecified atom stereocenters. The average Bonchev–Trinajstić information content (AvgIpc) is 3.01. The standard InChI is InChI=1S/C25H28O3/c1-25-14-21(15-3-7-18(28-2)8-4-15)24-19-10-6-17(26)13-16(19)5-9-20(24)22(25)11-12-23(25)27/h3-4,7-8,13,20-22H,5-6,9-12,14H2,1-2H3/t20-,21-,22-,25-/m0/s1. The summed E-state index contributed by atoms with van der Waals surface area (Å²) in [7, 11) is 1.69. The van der Waals surface area contributed by atoms with Crippen molar-refractivity contribution in [3.63, 3.8) is 0 Å². The van der Waals surface area contributed by atoms with Crippen LogP contribution < -0.4 is 4.74 Å². The Bertz CT molecular complexity index is 904. The van der Waals surface area contributed by atoms with Crippen LogP contribution in [-0.4, -0.2) is 18.7 Å². The van der Waals surface area contributed by atoms with Crippen molar-refractivity contribution in [2.45, 2.75) is 57.8 Å². The van der Waals surface area contributed by atoms with Gasteiger partial charge in [-0.05, 0) is 78.9 Å². The highest BCUT2D eigenvalue weighted by atomic mass is 16.5. The number of methoxy groups -OCH3 is 1. The first kappa shape index (κ1) is 17.9. The van der Waals surface area contributed by atoms with Gasteiger partial charge >= 0.3 is 0 Å². The van der Waals surface area contributed by atoms with Gasteiger partial charge in [0.2, 0.25) is 0 Å². The molecule has 0 aromatic heterocycles. The number of hydrogen-bond donors (Lipinski definition) is 0. The molecule has 3 nitrogen and oxygen atoms in total. The maximum Gasteiger partial charge on any atom is 0.156 e. The molecular formula is C25H28O3. The van der Waals surface area contributed by atoms with Crippen LogP contribution in [0.3, 0.4) is 0 Å². The molecule has 0 amide bonds. The average molecular weight is 376 g/mol. The van der Waals surface area contributed by atoms with Gasteiger partial charge in [-0.2, -0.15) is 0 Å². The second-order valence-electron chi connectivity index (χ2n) is 9.23. The predicted molar refractivity (Wildman–Crippen MR) is 108 cm³/mol. The van der Waals surface area contributed by atoms with Crippen LogP contribution in [0.1, 0.15) is 63.4 Å². The highest BCUT2D eigenvalue weighted by molar-refractivity contribution is 5.93. The molecule has 3 heteroatoms. The SMILES string of the molecule is COc1ccc([C@@H]2C[C@]3(C)C(=O)CC[C@H]3[C@@H]3CCC4=CC(=O)CCC4=C23)cc1. The minimum atomic E-state index is -0.203. The summed E-state index contributed by atoms with van der Waals surface area (Å²) in [5.41, 5.74) is 5.34. The summed E-state index contributed by atoms with van der Waals surface area (Å²) in [6.07, 6.45) is 8.15. The highest BCUT2D eigenvalue weighted by Gasteiger charge is 2.56. The number of ether oxygens (including phenoxy) is 1. The van der Waals surface area contributed by atoms with E-state index in [4.69, 9.17) is 4.74 Å². The molecule has 0 aliphatic heterocycles. The Hall–Kier alpha value is -2.16. The van der Waals surface area contributed by atoms with Crippen molar-refractivity contribution < 1.29 is 14.3 Å². The first-order valence-electron chi connectivity index (χ1n) is 10.6. The zero-order valence-electron chi connectivity index (χ0n) is 16.8. The number of fused-ring (bicyclic) bond motifs is 4. The second kappa shape index (κ2) is 6.43. The van der Waals surface area contributed by atoms with E-state index in [1.165, 1.54) is 16.7 Å². The van der Waals surface area contributed by atoms with Crippen molar-refractivity contribution in [1.29, 1.82) is 0 Å². The van der Waals surface area contributed by atoms with Crippen molar-refractivity contribution in [2.24, 2.45) is 17.3 Å². The number of ketones is 2. The Labute approximate surface area is 166 Å². The Morgan fingerprint density at radius 2 is 1.79 bits per heavy atom. The maximum atomic E-state index is 12.9. The number of benzene rings is 1. The summed E-state index contributed by atoms with van der Waals surface area (Å²) in [5, 5.41) is 0. The van der Waals surface area contributed by atoms with Gasteiger partial charge in [-0.15, -0.1) is 0 Å². The number of Topliss-reactive ketones (excluding diaryl/α,β-unsaturated/α-hetero) is 1. The van der Waals surface area contributed by atoms with E-state index in [-0.39, 0.29) is 17.1 Å². The summed E-state index contributed by atoms with van der Waals surface area (Å²) < 4.78 is 5.35. The molecule has 0 spiro atoms. The number of allylic oxidation sites excluding steroid dienone is 4. The first-order valence-corrected chi connectivity index (χ1v) is 10.6. The van der Waals surface area contributed by atoms with Gasteiger partial charge in [-0.1, -0.05) is 24.6 Å². The van der Waals surface area contributed by atoms with E-state index in [0.29, 0.717) is 24.0 Å². The molecule has 4 atom stereocenters. The Kier molecular flexibility index (Phi) is 4.12. The van der Waals surface area contributed by atoms with Crippen LogP contribution in [0.4, 0.5) is 0 Å². The van der Waals surface area contributed by atoms with Crippen LogP contribution in [0.15, 0.2) is 47.1 Å². The third kappa shape index (κ3) is 2.55. The van der Waals surface area contributed by atoms with Crippen LogP contribution in [0.25, 0.3) is 0 Å². The molecule has 146 valence electrons. The molecular weight excluding hydrogens is 348 g/mol. The van der Waals surface area contributed by atoms with Crippen molar-refractivity contribution in [2.75, 3.05) is 7.11 Å². The molecule has 1 aromatic carbocycles. The molecule has 0 radical (unpaired) electrons. The van der Waals surface area contributed by atoms with E-state index in [1.54, 1.807) is 12.7 Å². The van der Waals surface area contributed by atoms with E-state index < -0.39 is 0 Å². The lowest BCUT2D eigenvalue weighted by Crippen LogP contribution is -2.43. The van der Waals surface area contributed by atoms with Gasteiger partial charge in [0, 0.05) is 24.2 Å². The maximum absolute atomic E-state index is 12.9. The van der Waals surface area contributed by atoms with E-state index in [1.807, 2.05) is 18.2 Å². The van der Waals surface area contributed by atoms with Crippen molar-refractivity contribution in [3.8, 4) is 5.75 Å². The zero-order valence-corrected chi connectivity index (χ0v) is 16.8. The van der Waals surface area contributed by atoms with Crippen LogP contribution in [-0.2, 0) is 9.59 Å². The number of carbonyl (C=O) groups is 2. The normalized spacial score (nSPS) is 34.5. The first-order chi connectivity index (χ1) is 13.5. The van der Waals surface area contributed by atoms with Crippen LogP contribution >= 0.6 is 0 Å². The molecule has 1 aromatic rings.